The average Bonchev–Trinajstić information content (AvgIpc) is 2.62. The fourth-order valence-corrected chi connectivity index (χ4v) is 2.44. The second kappa shape index (κ2) is 7.49. The topological polar surface area (TPSA) is 71.9 Å². The molecule has 0 spiro atoms. The minimum absolute atomic E-state index is 0. The van der Waals surface area contributed by atoms with Crippen molar-refractivity contribution < 1.29 is 4.74 Å². The highest BCUT2D eigenvalue weighted by atomic mass is 35.5. The third kappa shape index (κ3) is 3.32. The molecule has 0 radical (unpaired) electrons. The van der Waals surface area contributed by atoms with E-state index in [-0.39, 0.29) is 18.2 Å². The van der Waals surface area contributed by atoms with E-state index in [2.05, 4.69) is 11.1 Å². The Balaban J connectivity index is 0.00000208. The lowest BCUT2D eigenvalue weighted by Gasteiger charge is -2.10. The van der Waals surface area contributed by atoms with Gasteiger partial charge in [-0.1, -0.05) is 30.3 Å². The Bertz CT molecular complexity index is 872. The van der Waals surface area contributed by atoms with Crippen LogP contribution in [0.15, 0.2) is 60.7 Å². The number of nitrogen functional groups attached to an aromatic ring is 1. The standard InChI is InChI=1S/C19H15N3O.ClH/c1-23-15-9-7-14(8-10-15)18-11-16(13-5-3-2-4-6-13)17(12-20)19(21)22-18;/h2-11H,1H3,(H2,21,22);1H. The monoisotopic (exact) mass is 337 g/mol. The van der Waals surface area contributed by atoms with E-state index in [1.54, 1.807) is 7.11 Å². The molecule has 3 aromatic rings. The summed E-state index contributed by atoms with van der Waals surface area (Å²) in [5, 5.41) is 9.40. The van der Waals surface area contributed by atoms with Gasteiger partial charge in [0, 0.05) is 11.1 Å². The number of methoxy groups -OCH3 is 1. The van der Waals surface area contributed by atoms with E-state index in [1.807, 2.05) is 60.7 Å². The number of rotatable bonds is 3. The highest BCUT2D eigenvalue weighted by Gasteiger charge is 2.13. The van der Waals surface area contributed by atoms with Gasteiger partial charge in [0.2, 0.25) is 0 Å². The predicted octanol–water partition coefficient (Wildman–Crippen LogP) is 4.30. The van der Waals surface area contributed by atoms with Crippen molar-refractivity contribution in [3.8, 4) is 34.2 Å². The molecule has 1 heterocycles. The molecular formula is C19H16ClN3O. The van der Waals surface area contributed by atoms with Crippen molar-refractivity contribution in [2.24, 2.45) is 0 Å². The van der Waals surface area contributed by atoms with E-state index >= 15 is 0 Å². The first-order valence-electron chi connectivity index (χ1n) is 7.13. The number of nitrogens with two attached hydrogens (primary N) is 1. The Morgan fingerprint density at radius 2 is 1.67 bits per heavy atom. The fourth-order valence-electron chi connectivity index (χ4n) is 2.44. The van der Waals surface area contributed by atoms with Crippen LogP contribution in [-0.4, -0.2) is 12.1 Å². The number of pyridine rings is 1. The SMILES string of the molecule is COc1ccc(-c2cc(-c3ccccc3)c(C#N)c(N)n2)cc1.Cl. The van der Waals surface area contributed by atoms with Crippen LogP contribution in [0.1, 0.15) is 5.56 Å². The number of nitrogens with zero attached hydrogens (tertiary/aromatic N) is 2. The van der Waals surface area contributed by atoms with Crippen molar-refractivity contribution in [1.82, 2.24) is 4.98 Å². The van der Waals surface area contributed by atoms with Gasteiger partial charge in [0.15, 0.2) is 0 Å². The Morgan fingerprint density at radius 3 is 2.25 bits per heavy atom. The number of aromatic nitrogens is 1. The molecule has 0 aliphatic heterocycles. The summed E-state index contributed by atoms with van der Waals surface area (Å²) < 4.78 is 5.17. The van der Waals surface area contributed by atoms with Gasteiger partial charge in [-0.15, -0.1) is 12.4 Å². The van der Waals surface area contributed by atoms with E-state index in [1.165, 1.54) is 0 Å². The maximum Gasteiger partial charge on any atom is 0.142 e. The van der Waals surface area contributed by atoms with Crippen molar-refractivity contribution >= 4 is 18.2 Å². The number of anilines is 1. The highest BCUT2D eigenvalue weighted by molar-refractivity contribution is 5.85. The Kier molecular flexibility index (Phi) is 5.41. The third-order valence-corrected chi connectivity index (χ3v) is 3.63. The van der Waals surface area contributed by atoms with Gasteiger partial charge in [0.05, 0.1) is 12.8 Å². The van der Waals surface area contributed by atoms with Crippen molar-refractivity contribution in [3.63, 3.8) is 0 Å². The molecular weight excluding hydrogens is 322 g/mol. The van der Waals surface area contributed by atoms with E-state index in [0.29, 0.717) is 5.56 Å². The van der Waals surface area contributed by atoms with Gasteiger partial charge in [-0.25, -0.2) is 4.98 Å². The van der Waals surface area contributed by atoms with Gasteiger partial charge < -0.3 is 10.5 Å². The molecule has 5 heteroatoms. The zero-order valence-electron chi connectivity index (χ0n) is 13.1. The van der Waals surface area contributed by atoms with Crippen LogP contribution in [-0.2, 0) is 0 Å². The molecule has 0 aliphatic rings. The molecule has 0 amide bonds. The molecule has 24 heavy (non-hydrogen) atoms. The van der Waals surface area contributed by atoms with Crippen molar-refractivity contribution in [1.29, 1.82) is 5.26 Å². The zero-order chi connectivity index (χ0) is 16.2. The van der Waals surface area contributed by atoms with Crippen LogP contribution in [0.2, 0.25) is 0 Å². The quantitative estimate of drug-likeness (QED) is 0.773. The molecule has 0 atom stereocenters. The predicted molar refractivity (Wildman–Crippen MR) is 98.0 cm³/mol. The van der Waals surface area contributed by atoms with Gasteiger partial charge in [0.1, 0.15) is 23.2 Å². The molecule has 120 valence electrons. The van der Waals surface area contributed by atoms with Crippen LogP contribution in [0.5, 0.6) is 5.75 Å². The summed E-state index contributed by atoms with van der Waals surface area (Å²) in [5.41, 5.74) is 9.76. The van der Waals surface area contributed by atoms with Crippen LogP contribution in [0.4, 0.5) is 5.82 Å². The van der Waals surface area contributed by atoms with E-state index in [4.69, 9.17) is 10.5 Å². The molecule has 4 nitrogen and oxygen atoms in total. The van der Waals surface area contributed by atoms with Gasteiger partial charge in [-0.3, -0.25) is 0 Å². The van der Waals surface area contributed by atoms with Gasteiger partial charge >= 0.3 is 0 Å². The smallest absolute Gasteiger partial charge is 0.142 e. The van der Waals surface area contributed by atoms with Crippen molar-refractivity contribution in [3.05, 3.63) is 66.2 Å². The molecule has 0 saturated carbocycles. The molecule has 1 aromatic heterocycles. The second-order valence-corrected chi connectivity index (χ2v) is 5.02. The van der Waals surface area contributed by atoms with Crippen LogP contribution in [0, 0.1) is 11.3 Å². The molecule has 0 aliphatic carbocycles. The van der Waals surface area contributed by atoms with Gasteiger partial charge in [-0.2, -0.15) is 5.26 Å². The third-order valence-electron chi connectivity index (χ3n) is 3.63. The number of benzene rings is 2. The Hall–Kier alpha value is -3.03. The first-order valence-corrected chi connectivity index (χ1v) is 7.13. The number of nitriles is 1. The van der Waals surface area contributed by atoms with Crippen LogP contribution in [0.25, 0.3) is 22.4 Å². The summed E-state index contributed by atoms with van der Waals surface area (Å²) >= 11 is 0. The lowest BCUT2D eigenvalue weighted by atomic mass is 9.98. The molecule has 2 aromatic carbocycles. The lowest BCUT2D eigenvalue weighted by molar-refractivity contribution is 0.415. The van der Waals surface area contributed by atoms with E-state index in [9.17, 15) is 5.26 Å². The minimum Gasteiger partial charge on any atom is -0.497 e. The average molecular weight is 338 g/mol. The molecule has 0 unspecified atom stereocenters. The van der Waals surface area contributed by atoms with Gasteiger partial charge in [0.25, 0.3) is 0 Å². The minimum atomic E-state index is 0. The summed E-state index contributed by atoms with van der Waals surface area (Å²) in [4.78, 5) is 4.37. The first-order chi connectivity index (χ1) is 11.2. The number of halogens is 1. The summed E-state index contributed by atoms with van der Waals surface area (Å²) in [7, 11) is 1.63. The fraction of sp³-hybridized carbons (Fsp3) is 0.0526. The first kappa shape index (κ1) is 17.3. The summed E-state index contributed by atoms with van der Waals surface area (Å²) in [6.45, 7) is 0. The molecule has 0 fully saturated rings. The highest BCUT2D eigenvalue weighted by Crippen LogP contribution is 2.31. The van der Waals surface area contributed by atoms with Gasteiger partial charge in [-0.05, 0) is 35.9 Å². The molecule has 0 bridgehead atoms. The molecule has 3 rings (SSSR count). The number of ether oxygens (including phenoxy) is 1. The number of hydrogen-bond donors (Lipinski definition) is 1. The molecule has 2 N–H and O–H groups in total. The van der Waals surface area contributed by atoms with Crippen molar-refractivity contribution in [2.45, 2.75) is 0 Å². The van der Waals surface area contributed by atoms with Crippen LogP contribution < -0.4 is 10.5 Å². The van der Waals surface area contributed by atoms with E-state index in [0.717, 1.165) is 28.1 Å². The Labute approximate surface area is 146 Å². The zero-order valence-corrected chi connectivity index (χ0v) is 13.9. The summed E-state index contributed by atoms with van der Waals surface area (Å²) in [6, 6.07) is 21.3. The van der Waals surface area contributed by atoms with Crippen LogP contribution in [0.3, 0.4) is 0 Å². The van der Waals surface area contributed by atoms with Crippen molar-refractivity contribution in [2.75, 3.05) is 12.8 Å². The Morgan fingerprint density at radius 1 is 1.00 bits per heavy atom. The second-order valence-electron chi connectivity index (χ2n) is 5.02. The molecule has 0 saturated heterocycles. The maximum absolute atomic E-state index is 9.40. The van der Waals surface area contributed by atoms with Crippen LogP contribution >= 0.6 is 12.4 Å². The largest absolute Gasteiger partial charge is 0.497 e. The maximum atomic E-state index is 9.40. The summed E-state index contributed by atoms with van der Waals surface area (Å²) in [5.74, 6) is 1.01. The van der Waals surface area contributed by atoms with E-state index < -0.39 is 0 Å². The normalized spacial score (nSPS) is 9.67. The summed E-state index contributed by atoms with van der Waals surface area (Å²) in [6.07, 6.45) is 0. The number of hydrogen-bond acceptors (Lipinski definition) is 4. The lowest BCUT2D eigenvalue weighted by Crippen LogP contribution is -1.99.